The van der Waals surface area contributed by atoms with E-state index in [9.17, 15) is 15.0 Å². The number of methoxy groups -OCH3 is 1. The summed E-state index contributed by atoms with van der Waals surface area (Å²) in [6.45, 7) is 17.3. The van der Waals surface area contributed by atoms with Crippen molar-refractivity contribution in [3.8, 4) is 11.5 Å². The molecule has 2 aliphatic heterocycles. The van der Waals surface area contributed by atoms with Gasteiger partial charge in [-0.3, -0.25) is 0 Å². The molecule has 10 heteroatoms. The van der Waals surface area contributed by atoms with Gasteiger partial charge in [0.15, 0.2) is 0 Å². The van der Waals surface area contributed by atoms with E-state index in [-0.39, 0.29) is 30.9 Å². The molecule has 0 aliphatic carbocycles. The molecular weight excluding hydrogens is 576 g/mol. The maximum atomic E-state index is 12.4. The van der Waals surface area contributed by atoms with Crippen LogP contribution in [0.25, 0.3) is 0 Å². The lowest BCUT2D eigenvalue weighted by Gasteiger charge is -2.50. The largest absolute Gasteiger partial charge is 0.508 e. The fourth-order valence-electron chi connectivity index (χ4n) is 7.44. The van der Waals surface area contributed by atoms with Crippen LogP contribution in [0, 0.1) is 0 Å². The average Bonchev–Trinajstić information content (AvgIpc) is 2.98. The molecule has 0 aromatic heterocycles. The van der Waals surface area contributed by atoms with Crippen LogP contribution < -0.4 is 9.64 Å². The van der Waals surface area contributed by atoms with E-state index in [1.807, 2.05) is 24.3 Å². The predicted octanol–water partition coefficient (Wildman–Crippen LogP) is 6.85. The van der Waals surface area contributed by atoms with Gasteiger partial charge < -0.3 is 38.6 Å². The minimum Gasteiger partial charge on any atom is -0.508 e. The van der Waals surface area contributed by atoms with Crippen molar-refractivity contribution in [2.75, 3.05) is 51.4 Å². The summed E-state index contributed by atoms with van der Waals surface area (Å²) < 4.78 is 25.2. The Bertz CT molecular complexity index is 1200. The Morgan fingerprint density at radius 3 is 2.27 bits per heavy atom. The third kappa shape index (κ3) is 7.53. The molecular formula is C34H52N2O7Si. The van der Waals surface area contributed by atoms with Gasteiger partial charge >= 0.3 is 6.09 Å². The predicted molar refractivity (Wildman–Crippen MR) is 176 cm³/mol. The van der Waals surface area contributed by atoms with Crippen molar-refractivity contribution in [2.45, 2.75) is 89.3 Å². The number of anilines is 1. The monoisotopic (exact) mass is 628 g/mol. The number of fused-ring (bicyclic) bond motifs is 1. The Hall–Kier alpha value is -2.79. The minimum atomic E-state index is -2.37. The standard InChI is InChI=1S/C34H52N2O7Si/c1-23(2)44(24(3)4,25(5)6)43-32-21-36(34(38)39)20-31(33(32)27-10-12-28(37)13-11-27)42-22-26-9-14-30-29(19-26)35(16-18-41-30)15-8-17-40-7/h9-14,19,23-25,31-33,37H,8,15-18,20-22H2,1-7H3,(H,38,39)/t31-,32+,33+/m0/s1. The number of piperidine rings is 1. The molecule has 9 nitrogen and oxygen atoms in total. The Morgan fingerprint density at radius 2 is 1.66 bits per heavy atom. The summed E-state index contributed by atoms with van der Waals surface area (Å²) in [6.07, 6.45) is -0.882. The van der Waals surface area contributed by atoms with Crippen molar-refractivity contribution in [1.29, 1.82) is 0 Å². The third-order valence-electron chi connectivity index (χ3n) is 9.44. The maximum absolute atomic E-state index is 12.4. The van der Waals surface area contributed by atoms with Crippen molar-refractivity contribution in [3.63, 3.8) is 0 Å². The normalized spacial score (nSPS) is 20.7. The SMILES string of the molecule is COCCCN1CCOc2ccc(CO[C@H]3CN(C(=O)O)C[C@@H](O[Si](C(C)C)(C(C)C)C(C)C)[C@@H]3c3ccc(O)cc3)cc21. The number of phenols is 1. The van der Waals surface area contributed by atoms with Gasteiger partial charge in [-0.2, -0.15) is 0 Å². The van der Waals surface area contributed by atoms with E-state index < -0.39 is 20.5 Å². The van der Waals surface area contributed by atoms with Gasteiger partial charge in [-0.25, -0.2) is 4.79 Å². The lowest BCUT2D eigenvalue weighted by molar-refractivity contribution is -0.0630. The van der Waals surface area contributed by atoms with Gasteiger partial charge in [0.2, 0.25) is 8.32 Å². The van der Waals surface area contributed by atoms with Crippen LogP contribution in [-0.4, -0.2) is 88.2 Å². The molecule has 0 spiro atoms. The van der Waals surface area contributed by atoms with Crippen molar-refractivity contribution >= 4 is 20.1 Å². The van der Waals surface area contributed by atoms with E-state index in [0.717, 1.165) is 42.1 Å². The fraction of sp³-hybridized carbons (Fsp3) is 0.618. The van der Waals surface area contributed by atoms with Crippen LogP contribution in [0.3, 0.4) is 0 Å². The Labute approximate surface area is 264 Å². The van der Waals surface area contributed by atoms with Crippen molar-refractivity contribution in [3.05, 3.63) is 53.6 Å². The second-order valence-electron chi connectivity index (χ2n) is 13.1. The van der Waals surface area contributed by atoms with Gasteiger partial charge in [0, 0.05) is 32.7 Å². The van der Waals surface area contributed by atoms with Gasteiger partial charge in [-0.15, -0.1) is 0 Å². The Balaban J connectivity index is 1.66. The second kappa shape index (κ2) is 15.0. The first-order valence-electron chi connectivity index (χ1n) is 16.0. The summed E-state index contributed by atoms with van der Waals surface area (Å²) in [5.41, 5.74) is 4.04. The lowest BCUT2D eigenvalue weighted by Crippen LogP contribution is -2.59. The Morgan fingerprint density at radius 1 is 1.00 bits per heavy atom. The fourth-order valence-corrected chi connectivity index (χ4v) is 13.0. The third-order valence-corrected chi connectivity index (χ3v) is 15.6. The van der Waals surface area contributed by atoms with Crippen LogP contribution in [0.5, 0.6) is 11.5 Å². The highest BCUT2D eigenvalue weighted by molar-refractivity contribution is 6.77. The zero-order valence-corrected chi connectivity index (χ0v) is 28.5. The van der Waals surface area contributed by atoms with Gasteiger partial charge in [0.05, 0.1) is 37.6 Å². The molecule has 2 aliphatic rings. The number of rotatable bonds is 13. The summed E-state index contributed by atoms with van der Waals surface area (Å²) in [6, 6.07) is 13.3. The highest BCUT2D eigenvalue weighted by Gasteiger charge is 2.50. The molecule has 2 heterocycles. The van der Waals surface area contributed by atoms with E-state index in [2.05, 4.69) is 52.5 Å². The van der Waals surface area contributed by atoms with Crippen LogP contribution in [0.4, 0.5) is 10.5 Å². The van der Waals surface area contributed by atoms with Gasteiger partial charge in [-0.05, 0) is 58.4 Å². The van der Waals surface area contributed by atoms with Crippen LogP contribution in [0.2, 0.25) is 16.6 Å². The Kier molecular flexibility index (Phi) is 11.6. The van der Waals surface area contributed by atoms with Crippen molar-refractivity contribution < 1.29 is 33.6 Å². The number of carbonyl (C=O) groups is 1. The first-order chi connectivity index (χ1) is 21.0. The molecule has 1 saturated heterocycles. The molecule has 44 heavy (non-hydrogen) atoms. The molecule has 4 rings (SSSR count). The molecule has 0 unspecified atom stereocenters. The number of hydrogen-bond acceptors (Lipinski definition) is 7. The number of carboxylic acid groups (broad SMARTS) is 1. The van der Waals surface area contributed by atoms with E-state index in [0.29, 0.717) is 36.4 Å². The average molecular weight is 629 g/mol. The number of phenolic OH excluding ortho intramolecular Hbond substituents is 1. The zero-order valence-electron chi connectivity index (χ0n) is 27.5. The van der Waals surface area contributed by atoms with E-state index in [1.165, 1.54) is 4.90 Å². The zero-order chi connectivity index (χ0) is 32.0. The summed E-state index contributed by atoms with van der Waals surface area (Å²) in [5.74, 6) is 0.842. The number of benzene rings is 2. The summed E-state index contributed by atoms with van der Waals surface area (Å²) >= 11 is 0. The van der Waals surface area contributed by atoms with Crippen molar-refractivity contribution in [2.24, 2.45) is 0 Å². The first-order valence-corrected chi connectivity index (χ1v) is 18.2. The molecule has 2 aromatic rings. The van der Waals surface area contributed by atoms with E-state index >= 15 is 0 Å². The molecule has 0 bridgehead atoms. The van der Waals surface area contributed by atoms with Crippen molar-refractivity contribution in [1.82, 2.24) is 4.90 Å². The molecule has 3 atom stereocenters. The summed E-state index contributed by atoms with van der Waals surface area (Å²) in [7, 11) is -0.653. The molecule has 2 N–H and O–H groups in total. The van der Waals surface area contributed by atoms with E-state index in [4.69, 9.17) is 18.6 Å². The number of nitrogens with zero attached hydrogens (tertiary/aromatic N) is 2. The lowest BCUT2D eigenvalue weighted by atomic mass is 9.84. The van der Waals surface area contributed by atoms with Gasteiger partial charge in [0.25, 0.3) is 0 Å². The summed E-state index contributed by atoms with van der Waals surface area (Å²) in [5, 5.41) is 20.3. The van der Waals surface area contributed by atoms with Crippen LogP contribution in [0.15, 0.2) is 42.5 Å². The molecule has 1 amide bonds. The van der Waals surface area contributed by atoms with Crippen LogP contribution in [-0.2, 0) is 20.5 Å². The summed E-state index contributed by atoms with van der Waals surface area (Å²) in [4.78, 5) is 16.2. The quantitative estimate of drug-likeness (QED) is 0.184. The highest BCUT2D eigenvalue weighted by atomic mass is 28.4. The van der Waals surface area contributed by atoms with E-state index in [1.54, 1.807) is 19.2 Å². The maximum Gasteiger partial charge on any atom is 0.407 e. The molecule has 0 radical (unpaired) electrons. The molecule has 2 aromatic carbocycles. The van der Waals surface area contributed by atoms with Crippen LogP contribution >= 0.6 is 0 Å². The van der Waals surface area contributed by atoms with Crippen LogP contribution in [0.1, 0.15) is 65.0 Å². The minimum absolute atomic E-state index is 0.188. The number of likely N-dealkylation sites (tertiary alicyclic amines) is 1. The number of amides is 1. The second-order valence-corrected chi connectivity index (χ2v) is 18.5. The highest BCUT2D eigenvalue weighted by Crippen LogP contribution is 2.46. The van der Waals surface area contributed by atoms with Gasteiger partial charge in [-0.1, -0.05) is 59.7 Å². The number of aromatic hydroxyl groups is 1. The molecule has 244 valence electrons. The first kappa shape index (κ1) is 34.1. The van der Waals surface area contributed by atoms with Gasteiger partial charge in [0.1, 0.15) is 18.1 Å². The topological polar surface area (TPSA) is 101 Å². The number of hydrogen-bond donors (Lipinski definition) is 2. The smallest absolute Gasteiger partial charge is 0.407 e. The molecule has 0 saturated carbocycles. The number of ether oxygens (including phenoxy) is 3. The molecule has 1 fully saturated rings.